The SMILES string of the molecule is Cc1ccccc1-n1c(C)nnc1SC[C@H](O)c1ccccc1. The van der Waals surface area contributed by atoms with Crippen LogP contribution >= 0.6 is 11.8 Å². The number of aryl methyl sites for hydroxylation is 2. The zero-order valence-electron chi connectivity index (χ0n) is 13.2. The summed E-state index contributed by atoms with van der Waals surface area (Å²) in [6, 6.07) is 17.8. The third-order valence-electron chi connectivity index (χ3n) is 3.71. The molecule has 5 heteroatoms. The van der Waals surface area contributed by atoms with E-state index < -0.39 is 6.10 Å². The van der Waals surface area contributed by atoms with Crippen LogP contribution in [0.1, 0.15) is 23.1 Å². The molecule has 1 heterocycles. The van der Waals surface area contributed by atoms with Crippen LogP contribution in [-0.2, 0) is 0 Å². The molecular weight excluding hydrogens is 306 g/mol. The van der Waals surface area contributed by atoms with E-state index in [9.17, 15) is 5.11 Å². The van der Waals surface area contributed by atoms with Crippen LogP contribution in [0.5, 0.6) is 0 Å². The van der Waals surface area contributed by atoms with E-state index in [0.29, 0.717) is 5.75 Å². The molecule has 0 saturated heterocycles. The van der Waals surface area contributed by atoms with Crippen LogP contribution in [0.3, 0.4) is 0 Å². The summed E-state index contributed by atoms with van der Waals surface area (Å²) in [6.07, 6.45) is -0.525. The molecule has 1 N–H and O–H groups in total. The Morgan fingerprint density at radius 2 is 1.70 bits per heavy atom. The van der Waals surface area contributed by atoms with Gasteiger partial charge in [-0.2, -0.15) is 0 Å². The van der Waals surface area contributed by atoms with Gasteiger partial charge in [-0.3, -0.25) is 4.57 Å². The number of para-hydroxylation sites is 1. The van der Waals surface area contributed by atoms with Crippen molar-refractivity contribution in [3.63, 3.8) is 0 Å². The van der Waals surface area contributed by atoms with Gasteiger partial charge in [-0.05, 0) is 31.0 Å². The summed E-state index contributed by atoms with van der Waals surface area (Å²) in [5.74, 6) is 1.38. The maximum Gasteiger partial charge on any atom is 0.195 e. The van der Waals surface area contributed by atoms with E-state index in [1.54, 1.807) is 0 Å². The maximum atomic E-state index is 10.3. The zero-order valence-corrected chi connectivity index (χ0v) is 14.0. The smallest absolute Gasteiger partial charge is 0.195 e. The molecule has 2 aromatic carbocycles. The maximum absolute atomic E-state index is 10.3. The molecule has 1 aromatic heterocycles. The van der Waals surface area contributed by atoms with Crippen LogP contribution in [0.25, 0.3) is 5.69 Å². The molecule has 3 aromatic rings. The third kappa shape index (κ3) is 3.46. The first-order chi connectivity index (χ1) is 11.2. The minimum absolute atomic E-state index is 0.525. The number of aliphatic hydroxyl groups is 1. The van der Waals surface area contributed by atoms with Gasteiger partial charge in [0.15, 0.2) is 5.16 Å². The van der Waals surface area contributed by atoms with Crippen molar-refractivity contribution in [2.45, 2.75) is 25.1 Å². The first kappa shape index (κ1) is 15.8. The van der Waals surface area contributed by atoms with Crippen molar-refractivity contribution in [2.75, 3.05) is 5.75 Å². The van der Waals surface area contributed by atoms with Gasteiger partial charge in [0.2, 0.25) is 0 Å². The molecule has 0 aliphatic heterocycles. The van der Waals surface area contributed by atoms with Crippen molar-refractivity contribution < 1.29 is 5.11 Å². The molecule has 118 valence electrons. The molecule has 0 radical (unpaired) electrons. The van der Waals surface area contributed by atoms with Crippen LogP contribution in [0.2, 0.25) is 0 Å². The highest BCUT2D eigenvalue weighted by Gasteiger charge is 2.15. The molecule has 1 atom stereocenters. The topological polar surface area (TPSA) is 50.9 Å². The average molecular weight is 325 g/mol. The van der Waals surface area contributed by atoms with Crippen LogP contribution in [0.4, 0.5) is 0 Å². The van der Waals surface area contributed by atoms with E-state index in [0.717, 1.165) is 22.2 Å². The average Bonchev–Trinajstić information content (AvgIpc) is 2.94. The van der Waals surface area contributed by atoms with Gasteiger partial charge in [0.25, 0.3) is 0 Å². The monoisotopic (exact) mass is 325 g/mol. The van der Waals surface area contributed by atoms with Gasteiger partial charge in [-0.25, -0.2) is 0 Å². The Bertz CT molecular complexity index is 786. The zero-order chi connectivity index (χ0) is 16.2. The fraction of sp³-hybridized carbons (Fsp3) is 0.222. The Morgan fingerprint density at radius 1 is 1.00 bits per heavy atom. The summed E-state index contributed by atoms with van der Waals surface area (Å²) in [5.41, 5.74) is 3.16. The predicted molar refractivity (Wildman–Crippen MR) is 93.0 cm³/mol. The van der Waals surface area contributed by atoms with E-state index >= 15 is 0 Å². The summed E-state index contributed by atoms with van der Waals surface area (Å²) in [5, 5.41) is 19.6. The summed E-state index contributed by atoms with van der Waals surface area (Å²) < 4.78 is 2.04. The van der Waals surface area contributed by atoms with E-state index in [1.807, 2.05) is 54.0 Å². The molecule has 0 fully saturated rings. The lowest BCUT2D eigenvalue weighted by Crippen LogP contribution is -2.04. The lowest BCUT2D eigenvalue weighted by atomic mass is 10.1. The minimum Gasteiger partial charge on any atom is -0.388 e. The normalized spacial score (nSPS) is 12.3. The van der Waals surface area contributed by atoms with E-state index in [2.05, 4.69) is 29.3 Å². The van der Waals surface area contributed by atoms with E-state index in [4.69, 9.17) is 0 Å². The number of hydrogen-bond acceptors (Lipinski definition) is 4. The number of aliphatic hydroxyl groups excluding tert-OH is 1. The molecule has 0 spiro atoms. The summed E-state index contributed by atoms with van der Waals surface area (Å²) in [6.45, 7) is 4.01. The second kappa shape index (κ2) is 6.98. The number of nitrogens with zero attached hydrogens (tertiary/aromatic N) is 3. The van der Waals surface area contributed by atoms with Crippen molar-refractivity contribution in [3.8, 4) is 5.69 Å². The third-order valence-corrected chi connectivity index (χ3v) is 4.71. The lowest BCUT2D eigenvalue weighted by molar-refractivity contribution is 0.204. The largest absolute Gasteiger partial charge is 0.388 e. The fourth-order valence-electron chi connectivity index (χ4n) is 2.45. The summed E-state index contributed by atoms with van der Waals surface area (Å²) in [4.78, 5) is 0. The molecule has 0 unspecified atom stereocenters. The molecule has 0 aliphatic carbocycles. The van der Waals surface area contributed by atoms with Gasteiger partial charge < -0.3 is 5.11 Å². The quantitative estimate of drug-likeness (QED) is 0.727. The highest BCUT2D eigenvalue weighted by molar-refractivity contribution is 7.99. The number of aromatic nitrogens is 3. The second-order valence-electron chi connectivity index (χ2n) is 5.39. The van der Waals surface area contributed by atoms with Crippen LogP contribution < -0.4 is 0 Å². The van der Waals surface area contributed by atoms with Crippen molar-refractivity contribution >= 4 is 11.8 Å². The van der Waals surface area contributed by atoms with Crippen molar-refractivity contribution in [1.29, 1.82) is 0 Å². The number of rotatable bonds is 5. The summed E-state index contributed by atoms with van der Waals surface area (Å²) >= 11 is 1.51. The lowest BCUT2D eigenvalue weighted by Gasteiger charge is -2.13. The molecule has 3 rings (SSSR count). The molecule has 4 nitrogen and oxygen atoms in total. The molecule has 0 aliphatic rings. The number of hydrogen-bond donors (Lipinski definition) is 1. The summed E-state index contributed by atoms with van der Waals surface area (Å²) in [7, 11) is 0. The van der Waals surface area contributed by atoms with Gasteiger partial charge in [0.1, 0.15) is 5.82 Å². The Morgan fingerprint density at radius 3 is 2.43 bits per heavy atom. The van der Waals surface area contributed by atoms with Crippen LogP contribution in [-0.4, -0.2) is 25.6 Å². The molecule has 23 heavy (non-hydrogen) atoms. The molecule has 0 saturated carbocycles. The number of thioether (sulfide) groups is 1. The van der Waals surface area contributed by atoms with Gasteiger partial charge in [0, 0.05) is 5.75 Å². The van der Waals surface area contributed by atoms with Gasteiger partial charge in [-0.1, -0.05) is 60.3 Å². The van der Waals surface area contributed by atoms with Gasteiger partial charge >= 0.3 is 0 Å². The highest BCUT2D eigenvalue weighted by atomic mass is 32.2. The Labute approximate surface area is 140 Å². The second-order valence-corrected chi connectivity index (χ2v) is 6.38. The van der Waals surface area contributed by atoms with Crippen molar-refractivity contribution in [3.05, 3.63) is 71.5 Å². The number of benzene rings is 2. The van der Waals surface area contributed by atoms with Crippen LogP contribution in [0, 0.1) is 13.8 Å². The molecule has 0 bridgehead atoms. The predicted octanol–water partition coefficient (Wildman–Crippen LogP) is 3.71. The van der Waals surface area contributed by atoms with Gasteiger partial charge in [-0.15, -0.1) is 10.2 Å². The fourth-order valence-corrected chi connectivity index (χ4v) is 3.41. The van der Waals surface area contributed by atoms with Crippen LogP contribution in [0.15, 0.2) is 59.8 Å². The highest BCUT2D eigenvalue weighted by Crippen LogP contribution is 2.27. The van der Waals surface area contributed by atoms with Crippen molar-refractivity contribution in [1.82, 2.24) is 14.8 Å². The molecule has 0 amide bonds. The molecular formula is C18H19N3OS. The van der Waals surface area contributed by atoms with Gasteiger partial charge in [0.05, 0.1) is 11.8 Å². The Balaban J connectivity index is 1.81. The standard InChI is InChI=1S/C18H19N3OS/c1-13-8-6-7-11-16(13)21-14(2)19-20-18(21)23-12-17(22)15-9-4-3-5-10-15/h3-11,17,22H,12H2,1-2H3/t17-/m0/s1. The van der Waals surface area contributed by atoms with E-state index in [-0.39, 0.29) is 0 Å². The Kier molecular flexibility index (Phi) is 4.79. The first-order valence-corrected chi connectivity index (χ1v) is 8.49. The minimum atomic E-state index is -0.525. The first-order valence-electron chi connectivity index (χ1n) is 7.50. The van der Waals surface area contributed by atoms with Crippen molar-refractivity contribution in [2.24, 2.45) is 0 Å². The van der Waals surface area contributed by atoms with E-state index in [1.165, 1.54) is 17.3 Å². The Hall–Kier alpha value is -2.11.